The van der Waals surface area contributed by atoms with Gasteiger partial charge in [0.2, 0.25) is 16.9 Å². The molecule has 1 rings (SSSR count). The predicted molar refractivity (Wildman–Crippen MR) is 52.1 cm³/mol. The highest BCUT2D eigenvalue weighted by atomic mass is 32.1. The Bertz CT molecular complexity index is 365. The lowest BCUT2D eigenvalue weighted by Gasteiger charge is -2.01. The maximum absolute atomic E-state index is 12.1. The average Bonchev–Trinajstić information content (AvgIpc) is 2.65. The van der Waals surface area contributed by atoms with Gasteiger partial charge >= 0.3 is 6.18 Å². The van der Waals surface area contributed by atoms with Gasteiger partial charge in [0.25, 0.3) is 0 Å². The largest absolute Gasteiger partial charge is 0.452 e. The number of alkyl halides is 3. The minimum Gasteiger partial charge on any atom is -0.360 e. The van der Waals surface area contributed by atoms with Gasteiger partial charge in [0.05, 0.1) is 0 Å². The zero-order valence-electron chi connectivity index (χ0n) is 8.26. The van der Waals surface area contributed by atoms with Crippen molar-refractivity contribution in [2.45, 2.75) is 12.6 Å². The van der Waals surface area contributed by atoms with Crippen molar-refractivity contribution in [1.29, 1.82) is 0 Å². The Balaban J connectivity index is 2.44. The van der Waals surface area contributed by atoms with Crippen LogP contribution in [-0.4, -0.2) is 28.9 Å². The molecule has 0 saturated carbocycles. The minimum absolute atomic E-state index is 0.0521. The summed E-state index contributed by atoms with van der Waals surface area (Å²) in [5.74, 6) is -1.37. The maximum Gasteiger partial charge on any atom is 0.452 e. The van der Waals surface area contributed by atoms with E-state index in [0.29, 0.717) is 11.5 Å². The van der Waals surface area contributed by atoms with Gasteiger partial charge in [0.1, 0.15) is 0 Å². The second-order valence-corrected chi connectivity index (χ2v) is 3.52. The Morgan fingerprint density at radius 3 is 2.69 bits per heavy atom. The predicted octanol–water partition coefficient (Wildman–Crippen LogP) is 1.10. The molecule has 0 aliphatic rings. The fraction of sp³-hybridized carbons (Fsp3) is 0.571. The molecule has 0 radical (unpaired) electrons. The molecule has 0 aliphatic heterocycles. The molecule has 0 unspecified atom stereocenters. The summed E-state index contributed by atoms with van der Waals surface area (Å²) in [5, 5.41) is 5.03. The molecule has 1 aromatic heterocycles. The summed E-state index contributed by atoms with van der Waals surface area (Å²) in [4.78, 5) is 14.0. The van der Waals surface area contributed by atoms with E-state index in [1.807, 2.05) is 0 Å². The molecule has 90 valence electrons. The molecule has 2 N–H and O–H groups in total. The van der Waals surface area contributed by atoms with Gasteiger partial charge in [-0.05, 0) is 0 Å². The Labute approximate surface area is 93.2 Å². The van der Waals surface area contributed by atoms with Gasteiger partial charge in [0, 0.05) is 31.5 Å². The Hall–Kier alpha value is -1.38. The number of hydrogen-bond donors (Lipinski definition) is 2. The SMILES string of the molecule is CNC(=O)CCNc1nc(C(F)(F)F)ns1. The van der Waals surface area contributed by atoms with E-state index in [1.165, 1.54) is 7.05 Å². The summed E-state index contributed by atoms with van der Waals surface area (Å²) in [6.07, 6.45) is -4.37. The molecule has 16 heavy (non-hydrogen) atoms. The quantitative estimate of drug-likeness (QED) is 0.844. The van der Waals surface area contributed by atoms with Gasteiger partial charge in [-0.2, -0.15) is 22.5 Å². The smallest absolute Gasteiger partial charge is 0.360 e. The molecule has 1 amide bonds. The number of anilines is 1. The van der Waals surface area contributed by atoms with Gasteiger partial charge in [-0.15, -0.1) is 0 Å². The molecule has 9 heteroatoms. The van der Waals surface area contributed by atoms with Crippen LogP contribution in [0.5, 0.6) is 0 Å². The van der Waals surface area contributed by atoms with E-state index < -0.39 is 12.0 Å². The minimum atomic E-state index is -4.53. The number of carbonyl (C=O) groups excluding carboxylic acids is 1. The molecule has 0 atom stereocenters. The second-order valence-electron chi connectivity index (χ2n) is 2.77. The van der Waals surface area contributed by atoms with E-state index >= 15 is 0 Å². The Kier molecular flexibility index (Phi) is 4.05. The summed E-state index contributed by atoms with van der Waals surface area (Å²) in [6.45, 7) is 0.214. The van der Waals surface area contributed by atoms with Crippen LogP contribution in [0.15, 0.2) is 0 Å². The molecular formula is C7H9F3N4OS. The van der Waals surface area contributed by atoms with Gasteiger partial charge in [0.15, 0.2) is 0 Å². The van der Waals surface area contributed by atoms with Crippen LogP contribution in [0.2, 0.25) is 0 Å². The summed E-state index contributed by atoms with van der Waals surface area (Å²) < 4.78 is 39.4. The zero-order chi connectivity index (χ0) is 12.2. The van der Waals surface area contributed by atoms with Crippen LogP contribution < -0.4 is 10.6 Å². The lowest BCUT2D eigenvalue weighted by atomic mass is 10.4. The summed E-state index contributed by atoms with van der Waals surface area (Å²) in [6, 6.07) is 0. The highest BCUT2D eigenvalue weighted by Crippen LogP contribution is 2.28. The fourth-order valence-electron chi connectivity index (χ4n) is 0.818. The van der Waals surface area contributed by atoms with Crippen molar-refractivity contribution in [1.82, 2.24) is 14.7 Å². The summed E-state index contributed by atoms with van der Waals surface area (Å²) in [7, 11) is 1.48. The molecule has 1 heterocycles. The first-order valence-corrected chi connectivity index (χ1v) is 5.06. The molecule has 5 nitrogen and oxygen atoms in total. The van der Waals surface area contributed by atoms with E-state index in [-0.39, 0.29) is 24.0 Å². The molecule has 0 bridgehead atoms. The standard InChI is InChI=1S/C7H9F3N4OS/c1-11-4(15)2-3-12-6-13-5(14-16-6)7(8,9)10/h2-3H2,1H3,(H,11,15)(H,12,13,14). The lowest BCUT2D eigenvalue weighted by Crippen LogP contribution is -2.20. The lowest BCUT2D eigenvalue weighted by molar-refractivity contribution is -0.144. The van der Waals surface area contributed by atoms with Gasteiger partial charge in [-0.25, -0.2) is 0 Å². The molecule has 0 saturated heterocycles. The number of carbonyl (C=O) groups is 1. The highest BCUT2D eigenvalue weighted by Gasteiger charge is 2.36. The van der Waals surface area contributed by atoms with Gasteiger partial charge in [-0.1, -0.05) is 0 Å². The third kappa shape index (κ3) is 3.65. The Morgan fingerprint density at radius 1 is 1.50 bits per heavy atom. The summed E-state index contributed by atoms with van der Waals surface area (Å²) >= 11 is 0.612. The van der Waals surface area contributed by atoms with E-state index in [1.54, 1.807) is 0 Å². The number of halogens is 3. The monoisotopic (exact) mass is 254 g/mol. The van der Waals surface area contributed by atoms with Crippen LogP contribution in [0.3, 0.4) is 0 Å². The molecular weight excluding hydrogens is 245 g/mol. The van der Waals surface area contributed by atoms with Gasteiger partial charge < -0.3 is 10.6 Å². The summed E-state index contributed by atoms with van der Waals surface area (Å²) in [5.41, 5.74) is 0. The number of amides is 1. The topological polar surface area (TPSA) is 66.9 Å². The van der Waals surface area contributed by atoms with E-state index in [9.17, 15) is 18.0 Å². The van der Waals surface area contributed by atoms with E-state index in [0.717, 1.165) is 0 Å². The van der Waals surface area contributed by atoms with Crippen LogP contribution >= 0.6 is 11.5 Å². The number of nitrogens with one attached hydrogen (secondary N) is 2. The van der Waals surface area contributed by atoms with Crippen LogP contribution in [0.4, 0.5) is 18.3 Å². The first-order valence-electron chi connectivity index (χ1n) is 4.29. The van der Waals surface area contributed by atoms with Crippen LogP contribution in [0, 0.1) is 0 Å². The first-order chi connectivity index (χ1) is 7.43. The van der Waals surface area contributed by atoms with Crippen LogP contribution in [-0.2, 0) is 11.0 Å². The van der Waals surface area contributed by atoms with E-state index in [4.69, 9.17) is 0 Å². The van der Waals surface area contributed by atoms with Gasteiger partial charge in [-0.3, -0.25) is 4.79 Å². The molecule has 0 spiro atoms. The third-order valence-electron chi connectivity index (χ3n) is 1.59. The second kappa shape index (κ2) is 5.10. The zero-order valence-corrected chi connectivity index (χ0v) is 9.08. The average molecular weight is 254 g/mol. The molecule has 1 aromatic rings. The first kappa shape index (κ1) is 12.7. The number of hydrogen-bond acceptors (Lipinski definition) is 5. The van der Waals surface area contributed by atoms with Crippen LogP contribution in [0.25, 0.3) is 0 Å². The molecule has 0 aliphatic carbocycles. The number of rotatable bonds is 4. The van der Waals surface area contributed by atoms with Crippen molar-refractivity contribution >= 4 is 22.6 Å². The number of nitrogens with zero attached hydrogens (tertiary/aromatic N) is 2. The van der Waals surface area contributed by atoms with Crippen LogP contribution in [0.1, 0.15) is 12.2 Å². The van der Waals surface area contributed by atoms with Crippen molar-refractivity contribution in [2.24, 2.45) is 0 Å². The van der Waals surface area contributed by atoms with Crippen molar-refractivity contribution in [2.75, 3.05) is 18.9 Å². The van der Waals surface area contributed by atoms with Crippen molar-refractivity contribution in [3.8, 4) is 0 Å². The van der Waals surface area contributed by atoms with Crippen molar-refractivity contribution in [3.63, 3.8) is 0 Å². The number of aromatic nitrogens is 2. The normalized spacial score (nSPS) is 11.2. The molecule has 0 aromatic carbocycles. The Morgan fingerprint density at radius 2 is 2.19 bits per heavy atom. The highest BCUT2D eigenvalue weighted by molar-refractivity contribution is 7.09. The third-order valence-corrected chi connectivity index (χ3v) is 2.26. The molecule has 0 fully saturated rings. The van der Waals surface area contributed by atoms with E-state index in [2.05, 4.69) is 20.0 Å². The van der Waals surface area contributed by atoms with Crippen molar-refractivity contribution < 1.29 is 18.0 Å². The van der Waals surface area contributed by atoms with Crippen molar-refractivity contribution in [3.05, 3.63) is 5.82 Å². The fourth-order valence-corrected chi connectivity index (χ4v) is 1.43. The maximum atomic E-state index is 12.1.